The Bertz CT molecular complexity index is 805. The Morgan fingerprint density at radius 1 is 1.43 bits per heavy atom. The number of aldehydes is 1. The summed E-state index contributed by atoms with van der Waals surface area (Å²) in [5.41, 5.74) is 2.46. The molecule has 0 saturated heterocycles. The molecule has 1 unspecified atom stereocenters. The summed E-state index contributed by atoms with van der Waals surface area (Å²) in [4.78, 5) is 15.7. The van der Waals surface area contributed by atoms with Crippen LogP contribution in [0.15, 0.2) is 30.6 Å². The maximum atomic E-state index is 11.4. The van der Waals surface area contributed by atoms with E-state index in [2.05, 4.69) is 23.9 Å². The molecule has 21 heavy (non-hydrogen) atoms. The van der Waals surface area contributed by atoms with Crippen LogP contribution in [0.25, 0.3) is 17.0 Å². The number of carbonyl (C=O) groups is 1. The molecule has 0 aliphatic rings. The molecule has 0 aliphatic carbocycles. The van der Waals surface area contributed by atoms with Crippen LogP contribution in [0.3, 0.4) is 0 Å². The molecular formula is C15H15ClN4O. The van der Waals surface area contributed by atoms with Gasteiger partial charge in [-0.2, -0.15) is 5.10 Å². The molecule has 0 amide bonds. The SMILES string of the molecule is CCC(C)n1cc(C=O)c(-c2c(Cl)nc3ccccn23)n1. The number of pyridine rings is 1. The van der Waals surface area contributed by atoms with E-state index in [4.69, 9.17) is 11.6 Å². The number of fused-ring (bicyclic) bond motifs is 1. The van der Waals surface area contributed by atoms with Gasteiger partial charge in [0, 0.05) is 18.4 Å². The van der Waals surface area contributed by atoms with Gasteiger partial charge in [-0.3, -0.25) is 13.9 Å². The molecule has 108 valence electrons. The number of hydrogen-bond acceptors (Lipinski definition) is 3. The lowest BCUT2D eigenvalue weighted by atomic mass is 10.2. The van der Waals surface area contributed by atoms with Gasteiger partial charge >= 0.3 is 0 Å². The van der Waals surface area contributed by atoms with E-state index in [0.29, 0.717) is 22.1 Å². The van der Waals surface area contributed by atoms with Crippen molar-refractivity contribution in [3.8, 4) is 11.4 Å². The van der Waals surface area contributed by atoms with Gasteiger partial charge in [-0.15, -0.1) is 0 Å². The molecule has 1 atom stereocenters. The second kappa shape index (κ2) is 5.33. The van der Waals surface area contributed by atoms with Crippen molar-refractivity contribution in [2.45, 2.75) is 26.3 Å². The summed E-state index contributed by atoms with van der Waals surface area (Å²) in [5.74, 6) is 0. The zero-order chi connectivity index (χ0) is 15.0. The minimum absolute atomic E-state index is 0.218. The molecule has 0 saturated carbocycles. The molecular weight excluding hydrogens is 288 g/mol. The summed E-state index contributed by atoms with van der Waals surface area (Å²) < 4.78 is 3.65. The fraction of sp³-hybridized carbons (Fsp3) is 0.267. The summed E-state index contributed by atoms with van der Waals surface area (Å²) in [6.45, 7) is 4.13. The molecule has 0 radical (unpaired) electrons. The smallest absolute Gasteiger partial charge is 0.157 e. The maximum Gasteiger partial charge on any atom is 0.157 e. The molecule has 0 fully saturated rings. The topological polar surface area (TPSA) is 52.2 Å². The van der Waals surface area contributed by atoms with Crippen LogP contribution in [-0.2, 0) is 0 Å². The van der Waals surface area contributed by atoms with Crippen molar-refractivity contribution >= 4 is 23.5 Å². The quantitative estimate of drug-likeness (QED) is 0.691. The fourth-order valence-electron chi connectivity index (χ4n) is 2.27. The first kappa shape index (κ1) is 13.8. The van der Waals surface area contributed by atoms with Gasteiger partial charge in [0.2, 0.25) is 0 Å². The molecule has 0 aliphatic heterocycles. The highest BCUT2D eigenvalue weighted by Crippen LogP contribution is 2.30. The highest BCUT2D eigenvalue weighted by atomic mass is 35.5. The molecule has 3 aromatic heterocycles. The van der Waals surface area contributed by atoms with Gasteiger partial charge in [0.1, 0.15) is 17.0 Å². The number of hydrogen-bond donors (Lipinski definition) is 0. The first-order valence-corrected chi connectivity index (χ1v) is 7.20. The van der Waals surface area contributed by atoms with E-state index in [9.17, 15) is 4.79 Å². The van der Waals surface area contributed by atoms with Gasteiger partial charge in [0.05, 0.1) is 5.56 Å². The van der Waals surface area contributed by atoms with Crippen LogP contribution in [-0.4, -0.2) is 25.5 Å². The molecule has 5 nitrogen and oxygen atoms in total. The lowest BCUT2D eigenvalue weighted by Gasteiger charge is -2.08. The lowest BCUT2D eigenvalue weighted by Crippen LogP contribution is -2.04. The summed E-state index contributed by atoms with van der Waals surface area (Å²) in [6, 6.07) is 5.86. The predicted octanol–water partition coefficient (Wildman–Crippen LogP) is 3.63. The minimum atomic E-state index is 0.218. The number of carbonyl (C=O) groups excluding carboxylic acids is 1. The zero-order valence-electron chi connectivity index (χ0n) is 11.8. The second-order valence-electron chi connectivity index (χ2n) is 4.97. The Hall–Kier alpha value is -2.14. The van der Waals surface area contributed by atoms with Crippen LogP contribution in [0.2, 0.25) is 5.15 Å². The van der Waals surface area contributed by atoms with E-state index >= 15 is 0 Å². The van der Waals surface area contributed by atoms with Crippen LogP contribution in [0.1, 0.15) is 36.7 Å². The average Bonchev–Trinajstić information content (AvgIpc) is 3.05. The van der Waals surface area contributed by atoms with Crippen molar-refractivity contribution in [2.75, 3.05) is 0 Å². The number of nitrogens with zero attached hydrogens (tertiary/aromatic N) is 4. The summed E-state index contributed by atoms with van der Waals surface area (Å²) in [5, 5.41) is 4.89. The van der Waals surface area contributed by atoms with Crippen molar-refractivity contribution in [1.29, 1.82) is 0 Å². The van der Waals surface area contributed by atoms with Crippen molar-refractivity contribution in [1.82, 2.24) is 19.2 Å². The van der Waals surface area contributed by atoms with E-state index in [1.807, 2.05) is 28.8 Å². The van der Waals surface area contributed by atoms with E-state index in [1.165, 1.54) is 0 Å². The summed E-state index contributed by atoms with van der Waals surface area (Å²) in [6.07, 6.45) is 5.36. The van der Waals surface area contributed by atoms with Gasteiger partial charge in [-0.05, 0) is 25.5 Å². The number of imidazole rings is 1. The Balaban J connectivity index is 2.25. The number of halogens is 1. The van der Waals surface area contributed by atoms with E-state index in [1.54, 1.807) is 10.9 Å². The van der Waals surface area contributed by atoms with Gasteiger partial charge in [0.25, 0.3) is 0 Å². The largest absolute Gasteiger partial charge is 0.298 e. The lowest BCUT2D eigenvalue weighted by molar-refractivity contribution is 0.112. The molecule has 3 aromatic rings. The predicted molar refractivity (Wildman–Crippen MR) is 81.8 cm³/mol. The Kier molecular flexibility index (Phi) is 3.51. The van der Waals surface area contributed by atoms with E-state index < -0.39 is 0 Å². The van der Waals surface area contributed by atoms with Crippen LogP contribution in [0, 0.1) is 0 Å². The van der Waals surface area contributed by atoms with Crippen molar-refractivity contribution in [3.05, 3.63) is 41.3 Å². The third-order valence-corrected chi connectivity index (χ3v) is 3.90. The van der Waals surface area contributed by atoms with Crippen molar-refractivity contribution < 1.29 is 4.79 Å². The number of rotatable bonds is 4. The minimum Gasteiger partial charge on any atom is -0.298 e. The monoisotopic (exact) mass is 302 g/mol. The van der Waals surface area contributed by atoms with E-state index in [0.717, 1.165) is 18.4 Å². The molecule has 3 rings (SSSR count). The van der Waals surface area contributed by atoms with E-state index in [-0.39, 0.29) is 6.04 Å². The van der Waals surface area contributed by atoms with Crippen LogP contribution < -0.4 is 0 Å². The van der Waals surface area contributed by atoms with Gasteiger partial charge in [-0.25, -0.2) is 4.98 Å². The Labute approximate surface area is 127 Å². The average molecular weight is 303 g/mol. The Morgan fingerprint density at radius 2 is 2.24 bits per heavy atom. The molecule has 0 bridgehead atoms. The highest BCUT2D eigenvalue weighted by Gasteiger charge is 2.20. The second-order valence-corrected chi connectivity index (χ2v) is 5.33. The highest BCUT2D eigenvalue weighted by molar-refractivity contribution is 6.32. The summed E-state index contributed by atoms with van der Waals surface area (Å²) >= 11 is 6.26. The van der Waals surface area contributed by atoms with Crippen molar-refractivity contribution in [2.24, 2.45) is 0 Å². The Morgan fingerprint density at radius 3 is 2.95 bits per heavy atom. The first-order chi connectivity index (χ1) is 10.2. The molecule has 6 heteroatoms. The zero-order valence-corrected chi connectivity index (χ0v) is 12.6. The molecule has 0 aromatic carbocycles. The molecule has 0 spiro atoms. The first-order valence-electron chi connectivity index (χ1n) is 6.83. The number of aromatic nitrogens is 4. The normalized spacial score (nSPS) is 12.7. The maximum absolute atomic E-state index is 11.4. The van der Waals surface area contributed by atoms with Crippen LogP contribution >= 0.6 is 11.6 Å². The molecule has 0 N–H and O–H groups in total. The molecule has 3 heterocycles. The van der Waals surface area contributed by atoms with Crippen LogP contribution in [0.5, 0.6) is 0 Å². The summed E-state index contributed by atoms with van der Waals surface area (Å²) in [7, 11) is 0. The van der Waals surface area contributed by atoms with Crippen molar-refractivity contribution in [3.63, 3.8) is 0 Å². The van der Waals surface area contributed by atoms with Gasteiger partial charge in [-0.1, -0.05) is 24.6 Å². The standard InChI is InChI=1S/C15H15ClN4O/c1-3-10(2)20-8-11(9-21)13(18-20)14-15(16)17-12-6-4-5-7-19(12)14/h4-10H,3H2,1-2H3. The third-order valence-electron chi connectivity index (χ3n) is 3.64. The fourth-order valence-corrected chi connectivity index (χ4v) is 2.54. The third kappa shape index (κ3) is 2.23. The van der Waals surface area contributed by atoms with Gasteiger partial charge < -0.3 is 0 Å². The van der Waals surface area contributed by atoms with Gasteiger partial charge in [0.15, 0.2) is 11.4 Å². The van der Waals surface area contributed by atoms with Crippen LogP contribution in [0.4, 0.5) is 0 Å².